The summed E-state index contributed by atoms with van der Waals surface area (Å²) in [4.78, 5) is 26.3. The van der Waals surface area contributed by atoms with Gasteiger partial charge in [-0.15, -0.1) is 11.8 Å². The van der Waals surface area contributed by atoms with Crippen molar-refractivity contribution in [1.29, 1.82) is 0 Å². The number of fused-ring (bicyclic) bond motifs is 2. The first-order valence-corrected chi connectivity index (χ1v) is 13.9. The number of rotatable bonds is 7. The van der Waals surface area contributed by atoms with Gasteiger partial charge in [0.15, 0.2) is 11.9 Å². The quantitative estimate of drug-likeness (QED) is 0.345. The smallest absolute Gasteiger partial charge is 0.410 e. The zero-order valence-corrected chi connectivity index (χ0v) is 22.2. The summed E-state index contributed by atoms with van der Waals surface area (Å²) < 4.78 is 18.6. The van der Waals surface area contributed by atoms with Crippen molar-refractivity contribution in [3.8, 4) is 0 Å². The van der Waals surface area contributed by atoms with Crippen molar-refractivity contribution in [1.82, 2.24) is 4.90 Å². The Kier molecular flexibility index (Phi) is 7.62. The van der Waals surface area contributed by atoms with Crippen LogP contribution in [0.25, 0.3) is 0 Å². The Morgan fingerprint density at radius 1 is 1.09 bits per heavy atom. The number of thioether (sulfide) groups is 1. The number of amides is 1. The van der Waals surface area contributed by atoms with E-state index in [9.17, 15) is 4.79 Å². The van der Waals surface area contributed by atoms with Gasteiger partial charge in [0, 0.05) is 24.4 Å². The Hall–Kier alpha value is -0.540. The van der Waals surface area contributed by atoms with Crippen LogP contribution in [0.15, 0.2) is 0 Å². The van der Waals surface area contributed by atoms with Crippen molar-refractivity contribution in [2.75, 3.05) is 12.4 Å². The normalized spacial score (nSPS) is 42.2. The molecule has 4 heterocycles. The van der Waals surface area contributed by atoms with Gasteiger partial charge < -0.3 is 19.1 Å². The van der Waals surface area contributed by atoms with E-state index < -0.39 is 17.7 Å². The summed E-state index contributed by atoms with van der Waals surface area (Å²) in [6, 6.07) is 0.251. The molecule has 7 nitrogen and oxygen atoms in total. The lowest BCUT2D eigenvalue weighted by Gasteiger charge is -2.60. The third-order valence-electron chi connectivity index (χ3n) is 8.22. The van der Waals surface area contributed by atoms with E-state index in [1.807, 2.05) is 34.6 Å². The minimum atomic E-state index is -0.736. The first-order chi connectivity index (χ1) is 15.6. The van der Waals surface area contributed by atoms with E-state index in [1.165, 1.54) is 6.42 Å². The molecule has 5 fully saturated rings. The van der Waals surface area contributed by atoms with Crippen molar-refractivity contribution in [2.45, 2.75) is 116 Å². The van der Waals surface area contributed by atoms with E-state index in [-0.39, 0.29) is 23.6 Å². The van der Waals surface area contributed by atoms with E-state index in [1.54, 1.807) is 16.7 Å². The molecule has 4 saturated heterocycles. The lowest BCUT2D eigenvalue weighted by molar-refractivity contribution is -0.568. The molecular weight excluding hydrogens is 442 g/mol. The first-order valence-electron chi connectivity index (χ1n) is 12.9. The number of carbonyl (C=O) groups is 1. The average Bonchev–Trinajstić information content (AvgIpc) is 2.96. The Labute approximate surface area is 203 Å². The van der Waals surface area contributed by atoms with Gasteiger partial charge in [0.25, 0.3) is 0 Å². The Balaban J connectivity index is 1.34. The number of hydrogen-bond acceptors (Lipinski definition) is 7. The van der Waals surface area contributed by atoms with Crippen LogP contribution in [0.5, 0.6) is 0 Å². The van der Waals surface area contributed by atoms with Gasteiger partial charge in [0.2, 0.25) is 5.79 Å². The molecule has 0 aromatic rings. The minimum absolute atomic E-state index is 0.0322. The van der Waals surface area contributed by atoms with Crippen molar-refractivity contribution >= 4 is 17.9 Å². The van der Waals surface area contributed by atoms with Crippen LogP contribution in [-0.4, -0.2) is 58.6 Å². The molecule has 0 N–H and O–H groups in total. The highest BCUT2D eigenvalue weighted by atomic mass is 32.2. The van der Waals surface area contributed by atoms with E-state index in [4.69, 9.17) is 24.0 Å². The Morgan fingerprint density at radius 2 is 1.82 bits per heavy atom. The van der Waals surface area contributed by atoms with Crippen LogP contribution in [0.4, 0.5) is 4.79 Å². The van der Waals surface area contributed by atoms with Gasteiger partial charge in [-0.1, -0.05) is 13.8 Å². The summed E-state index contributed by atoms with van der Waals surface area (Å²) in [6.45, 7) is 15.1. The molecule has 0 unspecified atom stereocenters. The van der Waals surface area contributed by atoms with Crippen LogP contribution in [0.3, 0.4) is 0 Å². The Morgan fingerprint density at radius 3 is 2.52 bits per heavy atom. The highest BCUT2D eigenvalue weighted by Crippen LogP contribution is 2.61. The van der Waals surface area contributed by atoms with Crippen LogP contribution in [-0.2, 0) is 24.0 Å². The summed E-state index contributed by atoms with van der Waals surface area (Å²) >= 11 is 1.81. The molecule has 0 aromatic carbocycles. The second kappa shape index (κ2) is 9.84. The van der Waals surface area contributed by atoms with Gasteiger partial charge in [0.05, 0.1) is 6.61 Å². The van der Waals surface area contributed by atoms with Crippen LogP contribution < -0.4 is 0 Å². The summed E-state index contributed by atoms with van der Waals surface area (Å²) in [5.74, 6) is 1.77. The molecule has 1 amide bonds. The average molecular weight is 486 g/mol. The fourth-order valence-electron chi connectivity index (χ4n) is 6.57. The third-order valence-corrected chi connectivity index (χ3v) is 9.61. The van der Waals surface area contributed by atoms with Crippen LogP contribution >= 0.6 is 11.8 Å². The summed E-state index contributed by atoms with van der Waals surface area (Å²) in [5.41, 5.74) is -0.471. The van der Waals surface area contributed by atoms with E-state index >= 15 is 0 Å². The number of carbonyl (C=O) groups excluding carboxylic acids is 1. The van der Waals surface area contributed by atoms with Crippen molar-refractivity contribution < 1.29 is 28.8 Å². The molecule has 8 atom stereocenters. The van der Waals surface area contributed by atoms with Crippen molar-refractivity contribution in [3.05, 3.63) is 0 Å². The molecule has 2 bridgehead atoms. The second-order valence-electron chi connectivity index (χ2n) is 11.2. The zero-order valence-electron chi connectivity index (χ0n) is 21.4. The van der Waals surface area contributed by atoms with E-state index in [0.717, 1.165) is 31.4 Å². The molecule has 190 valence electrons. The zero-order chi connectivity index (χ0) is 24.0. The fraction of sp³-hybridized carbons (Fsp3) is 0.960. The number of ether oxygens (including phenoxy) is 3. The van der Waals surface area contributed by atoms with Crippen LogP contribution in [0, 0.1) is 23.7 Å². The minimum Gasteiger partial charge on any atom is -0.449 e. The molecule has 1 saturated carbocycles. The number of hydrogen-bond donors (Lipinski definition) is 0. The summed E-state index contributed by atoms with van der Waals surface area (Å²) in [5, 5.41) is 0. The highest BCUT2D eigenvalue weighted by Gasteiger charge is 2.69. The maximum Gasteiger partial charge on any atom is 0.410 e. The molecule has 0 aromatic heterocycles. The lowest BCUT2D eigenvalue weighted by Crippen LogP contribution is -2.70. The summed E-state index contributed by atoms with van der Waals surface area (Å²) in [6.07, 6.45) is 4.37. The fourth-order valence-corrected chi connectivity index (χ4v) is 7.76. The van der Waals surface area contributed by atoms with Gasteiger partial charge in [-0.05, 0) is 83.8 Å². The van der Waals surface area contributed by atoms with Gasteiger partial charge in [-0.3, -0.25) is 0 Å². The first kappa shape index (κ1) is 25.5. The topological polar surface area (TPSA) is 66.5 Å². The largest absolute Gasteiger partial charge is 0.449 e. The molecule has 1 spiro atoms. The standard InChI is InChI=1S/C25H43NO6S/c1-15(2)26(16(3)4)23(27)28-13-8-14-33-21-18(6)20-10-9-17(5)19-11-12-24(7)30-22(29-21)25(19,20)32-31-24/h15-22H,8-14H2,1-7H3/t17-,18-,19+,20+,21+,22-,24+,25-/m1/s1. The van der Waals surface area contributed by atoms with Crippen LogP contribution in [0.1, 0.15) is 80.6 Å². The highest BCUT2D eigenvalue weighted by molar-refractivity contribution is 7.99. The maximum atomic E-state index is 12.4. The summed E-state index contributed by atoms with van der Waals surface area (Å²) in [7, 11) is 0. The molecule has 1 aliphatic carbocycles. The van der Waals surface area contributed by atoms with Gasteiger partial charge in [-0.2, -0.15) is 0 Å². The lowest BCUT2D eigenvalue weighted by atomic mass is 9.58. The third kappa shape index (κ3) is 4.67. The van der Waals surface area contributed by atoms with Gasteiger partial charge >= 0.3 is 6.09 Å². The molecule has 4 aliphatic heterocycles. The van der Waals surface area contributed by atoms with Gasteiger partial charge in [-0.25, -0.2) is 14.6 Å². The number of nitrogens with zero attached hydrogens (tertiary/aromatic N) is 1. The second-order valence-corrected chi connectivity index (χ2v) is 12.4. The SMILES string of the molecule is CC(C)N(C(=O)OCCCS[C@@H]1O[C@@H]2O[C@]3(C)CC[C@H]4[C@H](C)CC[C@@H]([C@H]1C)[C@@]24OO3)C(C)C. The molecule has 5 rings (SSSR count). The molecular formula is C25H43NO6S. The molecule has 8 heteroatoms. The predicted octanol–water partition coefficient (Wildman–Crippen LogP) is 5.57. The van der Waals surface area contributed by atoms with Crippen LogP contribution in [0.2, 0.25) is 0 Å². The Bertz CT molecular complexity index is 698. The van der Waals surface area contributed by atoms with Crippen molar-refractivity contribution in [3.63, 3.8) is 0 Å². The monoisotopic (exact) mass is 485 g/mol. The molecule has 0 radical (unpaired) electrons. The van der Waals surface area contributed by atoms with Crippen molar-refractivity contribution in [2.24, 2.45) is 23.7 Å². The molecule has 5 aliphatic rings. The molecule has 33 heavy (non-hydrogen) atoms. The predicted molar refractivity (Wildman–Crippen MR) is 127 cm³/mol. The van der Waals surface area contributed by atoms with Gasteiger partial charge in [0.1, 0.15) is 5.44 Å². The maximum absolute atomic E-state index is 12.4. The van der Waals surface area contributed by atoms with E-state index in [2.05, 4.69) is 13.8 Å². The van der Waals surface area contributed by atoms with E-state index in [0.29, 0.717) is 30.3 Å².